The Morgan fingerprint density at radius 2 is 1.83 bits per heavy atom. The molecule has 1 aliphatic heterocycles. The molecule has 0 aliphatic carbocycles. The highest BCUT2D eigenvalue weighted by molar-refractivity contribution is 9.10. The second kappa shape index (κ2) is 7.85. The van der Waals surface area contributed by atoms with Crippen molar-refractivity contribution in [1.82, 2.24) is 9.80 Å². The number of hydrogen-bond donors (Lipinski definition) is 0. The molecule has 1 saturated heterocycles. The van der Waals surface area contributed by atoms with E-state index in [4.69, 9.17) is 9.15 Å². The molecule has 24 heavy (non-hydrogen) atoms. The van der Waals surface area contributed by atoms with Gasteiger partial charge in [-0.1, -0.05) is 12.1 Å². The number of amides is 1. The maximum atomic E-state index is 12.4. The summed E-state index contributed by atoms with van der Waals surface area (Å²) in [4.78, 5) is 16.6. The fraction of sp³-hybridized carbons (Fsp3) is 0.389. The summed E-state index contributed by atoms with van der Waals surface area (Å²) in [5.74, 6) is 1.25. The van der Waals surface area contributed by atoms with Crippen LogP contribution in [0.15, 0.2) is 45.5 Å². The summed E-state index contributed by atoms with van der Waals surface area (Å²) >= 11 is 3.23. The van der Waals surface area contributed by atoms with Gasteiger partial charge < -0.3 is 14.1 Å². The molecule has 0 unspecified atom stereocenters. The van der Waals surface area contributed by atoms with Gasteiger partial charge in [-0.3, -0.25) is 9.69 Å². The fourth-order valence-electron chi connectivity index (χ4n) is 2.81. The van der Waals surface area contributed by atoms with Crippen molar-refractivity contribution < 1.29 is 13.9 Å². The summed E-state index contributed by atoms with van der Waals surface area (Å²) in [7, 11) is 0. The normalized spacial score (nSPS) is 15.5. The predicted molar refractivity (Wildman–Crippen MR) is 95.2 cm³/mol. The Labute approximate surface area is 150 Å². The van der Waals surface area contributed by atoms with E-state index < -0.39 is 0 Å². The molecular weight excluding hydrogens is 372 g/mol. The highest BCUT2D eigenvalue weighted by Crippen LogP contribution is 2.18. The molecule has 0 N–H and O–H groups in total. The Balaban J connectivity index is 1.50. The molecule has 0 radical (unpaired) electrons. The Bertz CT molecular complexity index is 676. The summed E-state index contributed by atoms with van der Waals surface area (Å²) in [6.07, 6.45) is 0. The minimum atomic E-state index is -0.0404. The van der Waals surface area contributed by atoms with Gasteiger partial charge in [0.1, 0.15) is 5.75 Å². The second-order valence-electron chi connectivity index (χ2n) is 5.75. The van der Waals surface area contributed by atoms with Crippen molar-refractivity contribution in [1.29, 1.82) is 0 Å². The van der Waals surface area contributed by atoms with Gasteiger partial charge in [-0.2, -0.15) is 0 Å². The van der Waals surface area contributed by atoms with E-state index in [9.17, 15) is 4.79 Å². The van der Waals surface area contributed by atoms with Crippen LogP contribution in [0.3, 0.4) is 0 Å². The zero-order valence-corrected chi connectivity index (χ0v) is 15.3. The molecule has 2 heterocycles. The lowest BCUT2D eigenvalue weighted by Crippen LogP contribution is -2.48. The Kier molecular flexibility index (Phi) is 5.58. The first-order valence-electron chi connectivity index (χ1n) is 8.14. The van der Waals surface area contributed by atoms with Gasteiger partial charge >= 0.3 is 0 Å². The maximum Gasteiger partial charge on any atom is 0.289 e. The molecule has 6 heteroatoms. The highest BCUT2D eigenvalue weighted by Gasteiger charge is 2.24. The van der Waals surface area contributed by atoms with Gasteiger partial charge in [-0.15, -0.1) is 0 Å². The molecule has 0 bridgehead atoms. The lowest BCUT2D eigenvalue weighted by atomic mass is 10.2. The van der Waals surface area contributed by atoms with Gasteiger partial charge in [-0.25, -0.2) is 0 Å². The second-order valence-corrected chi connectivity index (χ2v) is 6.53. The Hall–Kier alpha value is -1.79. The molecule has 2 aromatic rings. The molecule has 0 atom stereocenters. The van der Waals surface area contributed by atoms with E-state index >= 15 is 0 Å². The molecule has 0 saturated carbocycles. The molecule has 1 aromatic heterocycles. The van der Waals surface area contributed by atoms with Crippen LogP contribution < -0.4 is 4.74 Å². The van der Waals surface area contributed by atoms with Crippen LogP contribution in [0.1, 0.15) is 23.0 Å². The number of hydrogen-bond acceptors (Lipinski definition) is 4. The van der Waals surface area contributed by atoms with Gasteiger partial charge in [-0.05, 0) is 52.7 Å². The summed E-state index contributed by atoms with van der Waals surface area (Å²) in [6, 6.07) is 11.7. The Morgan fingerprint density at radius 3 is 2.42 bits per heavy atom. The van der Waals surface area contributed by atoms with Gasteiger partial charge in [0.2, 0.25) is 0 Å². The minimum Gasteiger partial charge on any atom is -0.494 e. The summed E-state index contributed by atoms with van der Waals surface area (Å²) in [5.41, 5.74) is 1.26. The molecule has 5 nitrogen and oxygen atoms in total. The van der Waals surface area contributed by atoms with E-state index in [0.717, 1.165) is 25.4 Å². The third kappa shape index (κ3) is 4.19. The van der Waals surface area contributed by atoms with Crippen LogP contribution in [-0.2, 0) is 6.54 Å². The number of carbonyl (C=O) groups excluding carboxylic acids is 1. The van der Waals surface area contributed by atoms with Crippen molar-refractivity contribution >= 4 is 21.8 Å². The number of halogens is 1. The van der Waals surface area contributed by atoms with Gasteiger partial charge in [0.25, 0.3) is 5.91 Å². The standard InChI is InChI=1S/C18H21BrN2O3/c1-2-23-15-5-3-14(4-6-15)13-20-9-11-21(12-10-20)18(22)16-7-8-17(19)24-16/h3-8H,2,9-13H2,1H3. The van der Waals surface area contributed by atoms with Crippen molar-refractivity contribution in [2.24, 2.45) is 0 Å². The monoisotopic (exact) mass is 392 g/mol. The average Bonchev–Trinajstić information content (AvgIpc) is 3.03. The topological polar surface area (TPSA) is 45.9 Å². The first-order chi connectivity index (χ1) is 11.7. The lowest BCUT2D eigenvalue weighted by molar-refractivity contribution is 0.0596. The smallest absolute Gasteiger partial charge is 0.289 e. The minimum absolute atomic E-state index is 0.0404. The summed E-state index contributed by atoms with van der Waals surface area (Å²) < 4.78 is 11.4. The predicted octanol–water partition coefficient (Wildman–Crippen LogP) is 3.40. The third-order valence-corrected chi connectivity index (χ3v) is 4.51. The Morgan fingerprint density at radius 1 is 1.12 bits per heavy atom. The number of ether oxygens (including phenoxy) is 1. The zero-order chi connectivity index (χ0) is 16.9. The summed E-state index contributed by atoms with van der Waals surface area (Å²) in [5, 5.41) is 0. The highest BCUT2D eigenvalue weighted by atomic mass is 79.9. The number of piperazine rings is 1. The first kappa shape index (κ1) is 17.0. The number of benzene rings is 1. The van der Waals surface area contributed by atoms with E-state index in [1.165, 1.54) is 5.56 Å². The largest absolute Gasteiger partial charge is 0.494 e. The van der Waals surface area contributed by atoms with Crippen LogP contribution in [-0.4, -0.2) is 48.5 Å². The van der Waals surface area contributed by atoms with Crippen molar-refractivity contribution in [2.75, 3.05) is 32.8 Å². The first-order valence-corrected chi connectivity index (χ1v) is 8.93. The number of furan rings is 1. The molecule has 1 aliphatic rings. The van der Waals surface area contributed by atoms with Crippen LogP contribution in [0, 0.1) is 0 Å². The van der Waals surface area contributed by atoms with Crippen LogP contribution in [0.5, 0.6) is 5.75 Å². The van der Waals surface area contributed by atoms with Gasteiger partial charge in [0.15, 0.2) is 10.4 Å². The third-order valence-electron chi connectivity index (χ3n) is 4.08. The number of nitrogens with zero attached hydrogens (tertiary/aromatic N) is 2. The number of rotatable bonds is 5. The molecule has 1 aromatic carbocycles. The van der Waals surface area contributed by atoms with Crippen LogP contribution >= 0.6 is 15.9 Å². The van der Waals surface area contributed by atoms with Crippen LogP contribution in [0.25, 0.3) is 0 Å². The molecule has 3 rings (SSSR count). The molecule has 128 valence electrons. The van der Waals surface area contributed by atoms with Gasteiger partial charge in [0, 0.05) is 32.7 Å². The molecule has 0 spiro atoms. The fourth-order valence-corrected chi connectivity index (χ4v) is 3.12. The van der Waals surface area contributed by atoms with Crippen molar-refractivity contribution in [2.45, 2.75) is 13.5 Å². The van der Waals surface area contributed by atoms with E-state index in [1.54, 1.807) is 12.1 Å². The zero-order valence-electron chi connectivity index (χ0n) is 13.7. The molecule has 1 fully saturated rings. The van der Waals surface area contributed by atoms with Gasteiger partial charge in [0.05, 0.1) is 6.61 Å². The lowest BCUT2D eigenvalue weighted by Gasteiger charge is -2.34. The quantitative estimate of drug-likeness (QED) is 0.781. The SMILES string of the molecule is CCOc1ccc(CN2CCN(C(=O)c3ccc(Br)o3)CC2)cc1. The van der Waals surface area contributed by atoms with E-state index in [-0.39, 0.29) is 5.91 Å². The summed E-state index contributed by atoms with van der Waals surface area (Å²) in [6.45, 7) is 6.71. The van der Waals surface area contributed by atoms with Crippen LogP contribution in [0.2, 0.25) is 0 Å². The average molecular weight is 393 g/mol. The molecular formula is C18H21BrN2O3. The maximum absolute atomic E-state index is 12.4. The van der Waals surface area contributed by atoms with E-state index in [0.29, 0.717) is 30.1 Å². The number of carbonyl (C=O) groups is 1. The van der Waals surface area contributed by atoms with Crippen molar-refractivity contribution in [3.8, 4) is 5.75 Å². The van der Waals surface area contributed by atoms with Crippen molar-refractivity contribution in [3.63, 3.8) is 0 Å². The van der Waals surface area contributed by atoms with Crippen LogP contribution in [0.4, 0.5) is 0 Å². The van der Waals surface area contributed by atoms with E-state index in [2.05, 4.69) is 33.0 Å². The van der Waals surface area contributed by atoms with E-state index in [1.807, 2.05) is 24.0 Å². The molecule has 1 amide bonds. The van der Waals surface area contributed by atoms with Crippen molar-refractivity contribution in [3.05, 3.63) is 52.4 Å².